The molecule has 2 aliphatic carbocycles. The number of hydrogen-bond donors (Lipinski definition) is 1. The Kier molecular flexibility index (Phi) is 4.68. The van der Waals surface area contributed by atoms with E-state index in [1.807, 2.05) is 31.3 Å². The van der Waals surface area contributed by atoms with Gasteiger partial charge in [-0.25, -0.2) is 4.98 Å². The lowest BCUT2D eigenvalue weighted by Gasteiger charge is -2.20. The number of fused-ring (bicyclic) bond motifs is 2. The number of aryl methyl sites for hydroxylation is 2. The second-order valence-corrected chi connectivity index (χ2v) is 8.75. The summed E-state index contributed by atoms with van der Waals surface area (Å²) in [6.07, 6.45) is 4.11. The number of anilines is 2. The topological polar surface area (TPSA) is 55.1 Å². The van der Waals surface area contributed by atoms with E-state index in [0.717, 1.165) is 63.4 Å². The molecule has 0 unspecified atom stereocenters. The Balaban J connectivity index is 1.64. The summed E-state index contributed by atoms with van der Waals surface area (Å²) in [6, 6.07) is 25.7. The molecule has 6 rings (SSSR count). The molecule has 0 spiro atoms. The maximum atomic E-state index is 5.05. The minimum absolute atomic E-state index is 0.402. The number of nitrogens with one attached hydrogen (secondary N) is 1. The van der Waals surface area contributed by atoms with Crippen molar-refractivity contribution in [3.63, 3.8) is 0 Å². The van der Waals surface area contributed by atoms with Crippen LogP contribution in [0.25, 0.3) is 28.1 Å². The molecule has 1 fully saturated rings. The average molecular weight is 432 g/mol. The fraction of sp³-hybridized carbons (Fsp3) is 0.179. The molecule has 3 aromatic rings. The Hall–Kier alpha value is -3.99. The smallest absolute Gasteiger partial charge is 0.0900 e. The van der Waals surface area contributed by atoms with Gasteiger partial charge >= 0.3 is 0 Å². The molecular weight excluding hydrogens is 406 g/mol. The lowest BCUT2D eigenvalue weighted by Crippen LogP contribution is -2.16. The largest absolute Gasteiger partial charge is 0.352 e. The van der Waals surface area contributed by atoms with Gasteiger partial charge in [0, 0.05) is 11.9 Å². The fourth-order valence-corrected chi connectivity index (χ4v) is 4.18. The lowest BCUT2D eigenvalue weighted by molar-refractivity contribution is 0.997. The second kappa shape index (κ2) is 7.85. The van der Waals surface area contributed by atoms with Gasteiger partial charge in [0.2, 0.25) is 0 Å². The number of pyridine rings is 1. The van der Waals surface area contributed by atoms with Crippen LogP contribution >= 0.6 is 0 Å². The van der Waals surface area contributed by atoms with E-state index >= 15 is 0 Å². The second-order valence-electron chi connectivity index (χ2n) is 8.75. The molecule has 0 saturated heterocycles. The molecule has 2 heterocycles. The highest BCUT2D eigenvalue weighted by Crippen LogP contribution is 2.31. The van der Waals surface area contributed by atoms with Crippen molar-refractivity contribution >= 4 is 22.4 Å². The van der Waals surface area contributed by atoms with E-state index in [-0.39, 0.29) is 0 Å². The molecule has 5 heteroatoms. The highest BCUT2D eigenvalue weighted by atomic mass is 15.0. The SMILES string of the molecule is Cc1ccc(-n2c3c/c(=N\C4CC4)c(Nc4cccnc4C)cc-3nc3ccccc32)cc1. The summed E-state index contributed by atoms with van der Waals surface area (Å²) in [6.45, 7) is 4.13. The summed E-state index contributed by atoms with van der Waals surface area (Å²) < 4.78 is 2.29. The summed E-state index contributed by atoms with van der Waals surface area (Å²) in [7, 11) is 0. The monoisotopic (exact) mass is 431 g/mol. The zero-order valence-corrected chi connectivity index (χ0v) is 18.8. The van der Waals surface area contributed by atoms with Crippen LogP contribution in [0.1, 0.15) is 24.1 Å². The highest BCUT2D eigenvalue weighted by molar-refractivity contribution is 5.84. The number of rotatable bonds is 4. The minimum atomic E-state index is 0.402. The molecule has 1 saturated carbocycles. The molecule has 3 aliphatic rings. The van der Waals surface area contributed by atoms with Crippen LogP contribution in [0.3, 0.4) is 0 Å². The average Bonchev–Trinajstić information content (AvgIpc) is 3.64. The van der Waals surface area contributed by atoms with Crippen molar-refractivity contribution in [2.45, 2.75) is 32.7 Å². The third-order valence-electron chi connectivity index (χ3n) is 6.13. The van der Waals surface area contributed by atoms with E-state index in [9.17, 15) is 0 Å². The molecule has 33 heavy (non-hydrogen) atoms. The molecule has 2 aromatic carbocycles. The summed E-state index contributed by atoms with van der Waals surface area (Å²) in [4.78, 5) is 14.5. The van der Waals surface area contributed by atoms with Crippen LogP contribution in [0.15, 0.2) is 84.0 Å². The van der Waals surface area contributed by atoms with E-state index in [1.54, 1.807) is 0 Å². The van der Waals surface area contributed by atoms with Crippen molar-refractivity contribution in [2.75, 3.05) is 5.32 Å². The van der Waals surface area contributed by atoms with Crippen LogP contribution in [-0.4, -0.2) is 20.6 Å². The molecule has 0 radical (unpaired) electrons. The molecule has 0 bridgehead atoms. The van der Waals surface area contributed by atoms with Crippen LogP contribution in [0.4, 0.5) is 11.4 Å². The predicted octanol–water partition coefficient (Wildman–Crippen LogP) is 5.95. The molecular formula is C28H25N5. The van der Waals surface area contributed by atoms with Gasteiger partial charge in [-0.15, -0.1) is 0 Å². The Bertz CT molecular complexity index is 1510. The van der Waals surface area contributed by atoms with Crippen LogP contribution in [0.2, 0.25) is 0 Å². The summed E-state index contributed by atoms with van der Waals surface area (Å²) in [5.41, 5.74) is 9.26. The first kappa shape index (κ1) is 19.7. The van der Waals surface area contributed by atoms with Gasteiger partial charge in [-0.05, 0) is 75.2 Å². The minimum Gasteiger partial charge on any atom is -0.352 e. The van der Waals surface area contributed by atoms with Gasteiger partial charge in [0.25, 0.3) is 0 Å². The third kappa shape index (κ3) is 3.76. The molecule has 5 nitrogen and oxygen atoms in total. The first-order valence-corrected chi connectivity index (χ1v) is 11.4. The van der Waals surface area contributed by atoms with Crippen LogP contribution < -0.4 is 10.7 Å². The van der Waals surface area contributed by atoms with E-state index in [0.29, 0.717) is 6.04 Å². The summed E-state index contributed by atoms with van der Waals surface area (Å²) >= 11 is 0. The molecule has 1 aromatic heterocycles. The third-order valence-corrected chi connectivity index (χ3v) is 6.13. The highest BCUT2D eigenvalue weighted by Gasteiger charge is 2.22. The zero-order valence-electron chi connectivity index (χ0n) is 18.8. The summed E-state index contributed by atoms with van der Waals surface area (Å²) in [5, 5.41) is 4.54. The van der Waals surface area contributed by atoms with Crippen LogP contribution in [-0.2, 0) is 0 Å². The number of benzene rings is 3. The molecule has 0 amide bonds. The van der Waals surface area contributed by atoms with Crippen molar-refractivity contribution in [1.82, 2.24) is 14.5 Å². The van der Waals surface area contributed by atoms with Crippen molar-refractivity contribution in [1.29, 1.82) is 0 Å². The maximum absolute atomic E-state index is 5.05. The number of nitrogens with zero attached hydrogens (tertiary/aromatic N) is 4. The number of aromatic nitrogens is 3. The molecule has 1 N–H and O–H groups in total. The van der Waals surface area contributed by atoms with Gasteiger partial charge in [0.05, 0.1) is 50.9 Å². The Morgan fingerprint density at radius 2 is 1.73 bits per heavy atom. The van der Waals surface area contributed by atoms with Gasteiger partial charge < -0.3 is 9.88 Å². The van der Waals surface area contributed by atoms with E-state index in [2.05, 4.69) is 76.4 Å². The van der Waals surface area contributed by atoms with Crippen LogP contribution in [0, 0.1) is 13.8 Å². The standard InChI is InChI=1S/C28H25N5/c1-18-9-13-21(14-10-18)33-27-8-4-3-6-23(27)32-26-16-24(31-22-7-5-15-29-19(22)2)25(17-28(26)33)30-20-11-12-20/h3-10,13-17,20,31H,11-12H2,1-2H3/b30-25+. The Morgan fingerprint density at radius 3 is 2.52 bits per heavy atom. The zero-order chi connectivity index (χ0) is 22.4. The number of para-hydroxylation sites is 2. The van der Waals surface area contributed by atoms with E-state index in [4.69, 9.17) is 9.98 Å². The summed E-state index contributed by atoms with van der Waals surface area (Å²) in [5.74, 6) is 0. The fourth-order valence-electron chi connectivity index (χ4n) is 4.18. The van der Waals surface area contributed by atoms with E-state index < -0.39 is 0 Å². The molecule has 1 aliphatic heterocycles. The molecule has 0 atom stereocenters. The van der Waals surface area contributed by atoms with Gasteiger partial charge in [0.1, 0.15) is 0 Å². The van der Waals surface area contributed by atoms with Gasteiger partial charge in [-0.3, -0.25) is 9.98 Å². The van der Waals surface area contributed by atoms with Gasteiger partial charge in [0.15, 0.2) is 0 Å². The Morgan fingerprint density at radius 1 is 0.909 bits per heavy atom. The van der Waals surface area contributed by atoms with Crippen LogP contribution in [0.5, 0.6) is 0 Å². The lowest BCUT2D eigenvalue weighted by atomic mass is 10.1. The van der Waals surface area contributed by atoms with Crippen molar-refractivity contribution < 1.29 is 0 Å². The Labute approximate surface area is 192 Å². The quantitative estimate of drug-likeness (QED) is 0.358. The maximum Gasteiger partial charge on any atom is 0.0900 e. The number of hydrogen-bond acceptors (Lipinski definition) is 4. The molecule has 162 valence electrons. The first-order valence-electron chi connectivity index (χ1n) is 11.4. The van der Waals surface area contributed by atoms with Crippen molar-refractivity contribution in [3.8, 4) is 17.1 Å². The van der Waals surface area contributed by atoms with Gasteiger partial charge in [-0.1, -0.05) is 29.8 Å². The van der Waals surface area contributed by atoms with Crippen molar-refractivity contribution in [2.24, 2.45) is 4.99 Å². The van der Waals surface area contributed by atoms with Gasteiger partial charge in [-0.2, -0.15) is 0 Å². The normalized spacial score (nSPS) is 14.2. The first-order chi connectivity index (χ1) is 16.2. The predicted molar refractivity (Wildman–Crippen MR) is 133 cm³/mol. The van der Waals surface area contributed by atoms with E-state index in [1.165, 1.54) is 5.56 Å². The van der Waals surface area contributed by atoms with Crippen molar-refractivity contribution in [3.05, 3.63) is 95.6 Å².